The second-order valence-corrected chi connectivity index (χ2v) is 6.77. The minimum atomic E-state index is -4.09. The maximum absolute atomic E-state index is 12.6. The summed E-state index contributed by atoms with van der Waals surface area (Å²) in [4.78, 5) is 11.1. The number of hydrogen-bond donors (Lipinski definition) is 2. The van der Waals surface area contributed by atoms with E-state index in [1.807, 2.05) is 6.07 Å². The summed E-state index contributed by atoms with van der Waals surface area (Å²) in [6.45, 7) is 1.30. The van der Waals surface area contributed by atoms with Crippen LogP contribution in [0.4, 0.5) is 0 Å². The summed E-state index contributed by atoms with van der Waals surface area (Å²) in [7, 11) is -4.09. The van der Waals surface area contributed by atoms with E-state index in [2.05, 4.69) is 0 Å². The standard InChI is InChI=1S/C13H14N2O5S/c1-8-2-3-9(6-14)4-12(8)21(19,20)15-7-10(16)5-11(15)13(17)18/h2-4,10-11,16H,5,7H2,1H3,(H,17,18)/t10-,11+/m1/s1. The first-order valence-electron chi connectivity index (χ1n) is 6.21. The van der Waals surface area contributed by atoms with Crippen LogP contribution in [0.25, 0.3) is 0 Å². The van der Waals surface area contributed by atoms with Gasteiger partial charge >= 0.3 is 5.97 Å². The Labute approximate surface area is 122 Å². The summed E-state index contributed by atoms with van der Waals surface area (Å²) >= 11 is 0. The number of aliphatic carboxylic acids is 1. The van der Waals surface area contributed by atoms with Crippen molar-refractivity contribution in [1.29, 1.82) is 5.26 Å². The Morgan fingerprint density at radius 1 is 1.48 bits per heavy atom. The molecule has 1 heterocycles. The Kier molecular flexibility index (Phi) is 4.00. The van der Waals surface area contributed by atoms with Crippen molar-refractivity contribution < 1.29 is 23.4 Å². The van der Waals surface area contributed by atoms with Gasteiger partial charge in [0.25, 0.3) is 0 Å². The number of rotatable bonds is 3. The van der Waals surface area contributed by atoms with Crippen LogP contribution in [-0.4, -0.2) is 47.6 Å². The molecule has 1 aromatic carbocycles. The van der Waals surface area contributed by atoms with Gasteiger partial charge in [-0.2, -0.15) is 9.57 Å². The molecule has 0 amide bonds. The van der Waals surface area contributed by atoms with Gasteiger partial charge in [0, 0.05) is 13.0 Å². The van der Waals surface area contributed by atoms with Crippen LogP contribution in [-0.2, 0) is 14.8 Å². The molecule has 0 bridgehead atoms. The third-order valence-corrected chi connectivity index (χ3v) is 5.44. The van der Waals surface area contributed by atoms with Gasteiger partial charge in [-0.3, -0.25) is 4.79 Å². The summed E-state index contributed by atoms with van der Waals surface area (Å²) in [5, 5.41) is 27.6. The quantitative estimate of drug-likeness (QED) is 0.816. The predicted molar refractivity (Wildman–Crippen MR) is 71.8 cm³/mol. The maximum Gasteiger partial charge on any atom is 0.322 e. The zero-order valence-electron chi connectivity index (χ0n) is 11.2. The number of carboxylic acid groups (broad SMARTS) is 1. The number of β-amino-alcohol motifs (C(OH)–C–C–N with tert-alkyl or cyclic N) is 1. The van der Waals surface area contributed by atoms with Crippen molar-refractivity contribution in [1.82, 2.24) is 4.31 Å². The molecule has 0 aromatic heterocycles. The molecule has 2 N–H and O–H groups in total. The van der Waals surface area contributed by atoms with E-state index < -0.39 is 28.1 Å². The lowest BCUT2D eigenvalue weighted by atomic mass is 10.2. The molecule has 8 heteroatoms. The smallest absolute Gasteiger partial charge is 0.322 e. The van der Waals surface area contributed by atoms with E-state index in [0.717, 1.165) is 4.31 Å². The lowest BCUT2D eigenvalue weighted by Crippen LogP contribution is -2.40. The first-order valence-corrected chi connectivity index (χ1v) is 7.65. The normalized spacial score (nSPS) is 22.9. The molecule has 0 saturated carbocycles. The first-order chi connectivity index (χ1) is 9.77. The summed E-state index contributed by atoms with van der Waals surface area (Å²) in [5.74, 6) is -1.30. The number of carboxylic acids is 1. The van der Waals surface area contributed by atoms with E-state index in [1.54, 1.807) is 6.92 Å². The van der Waals surface area contributed by atoms with E-state index in [9.17, 15) is 18.3 Å². The lowest BCUT2D eigenvalue weighted by Gasteiger charge is -2.21. The Morgan fingerprint density at radius 3 is 2.71 bits per heavy atom. The van der Waals surface area contributed by atoms with Gasteiger partial charge in [0.15, 0.2) is 0 Å². The van der Waals surface area contributed by atoms with Gasteiger partial charge in [-0.15, -0.1) is 0 Å². The molecule has 2 rings (SSSR count). The number of benzene rings is 1. The highest BCUT2D eigenvalue weighted by Crippen LogP contribution is 2.28. The topological polar surface area (TPSA) is 119 Å². The van der Waals surface area contributed by atoms with E-state index in [-0.39, 0.29) is 23.4 Å². The van der Waals surface area contributed by atoms with Gasteiger partial charge in [-0.05, 0) is 24.6 Å². The van der Waals surface area contributed by atoms with Gasteiger partial charge in [0.2, 0.25) is 10.0 Å². The SMILES string of the molecule is Cc1ccc(C#N)cc1S(=O)(=O)N1C[C@H](O)C[C@H]1C(=O)O. The molecule has 0 aliphatic carbocycles. The van der Waals surface area contributed by atoms with Gasteiger partial charge in [-0.1, -0.05) is 6.07 Å². The van der Waals surface area contributed by atoms with Crippen LogP contribution in [0.5, 0.6) is 0 Å². The molecule has 0 radical (unpaired) electrons. The van der Waals surface area contributed by atoms with Crippen molar-refractivity contribution in [2.75, 3.05) is 6.54 Å². The van der Waals surface area contributed by atoms with Crippen LogP contribution in [0.1, 0.15) is 17.5 Å². The fraction of sp³-hybridized carbons (Fsp3) is 0.385. The number of aryl methyl sites for hydroxylation is 1. The fourth-order valence-electron chi connectivity index (χ4n) is 2.35. The second-order valence-electron chi connectivity index (χ2n) is 4.91. The molecule has 1 fully saturated rings. The lowest BCUT2D eigenvalue weighted by molar-refractivity contribution is -0.140. The van der Waals surface area contributed by atoms with Crippen molar-refractivity contribution in [3.05, 3.63) is 29.3 Å². The molecular formula is C13H14N2O5S. The fourth-order valence-corrected chi connectivity index (χ4v) is 4.23. The third-order valence-electron chi connectivity index (χ3n) is 3.42. The van der Waals surface area contributed by atoms with Gasteiger partial charge < -0.3 is 10.2 Å². The molecule has 2 atom stereocenters. The Bertz CT molecular complexity index is 723. The predicted octanol–water partition coefficient (Wildman–Crippen LogP) is 0.0752. The molecule has 112 valence electrons. The molecule has 21 heavy (non-hydrogen) atoms. The number of nitrogens with zero attached hydrogens (tertiary/aromatic N) is 2. The van der Waals surface area contributed by atoms with Crippen LogP contribution in [0.2, 0.25) is 0 Å². The number of hydrogen-bond acceptors (Lipinski definition) is 5. The zero-order valence-corrected chi connectivity index (χ0v) is 12.0. The monoisotopic (exact) mass is 310 g/mol. The molecule has 0 spiro atoms. The minimum Gasteiger partial charge on any atom is -0.480 e. The number of nitriles is 1. The van der Waals surface area contributed by atoms with Gasteiger partial charge in [0.05, 0.1) is 22.6 Å². The summed E-state index contributed by atoms with van der Waals surface area (Å²) in [6, 6.07) is 4.75. The number of carbonyl (C=O) groups is 1. The summed E-state index contributed by atoms with van der Waals surface area (Å²) < 4.78 is 26.0. The van der Waals surface area contributed by atoms with Crippen molar-refractivity contribution in [3.8, 4) is 6.07 Å². The van der Waals surface area contributed by atoms with Crippen LogP contribution in [0.15, 0.2) is 23.1 Å². The highest BCUT2D eigenvalue weighted by atomic mass is 32.2. The third kappa shape index (κ3) is 2.76. The Morgan fingerprint density at radius 2 is 2.14 bits per heavy atom. The van der Waals surface area contributed by atoms with Crippen LogP contribution >= 0.6 is 0 Å². The van der Waals surface area contributed by atoms with Crippen molar-refractivity contribution in [2.24, 2.45) is 0 Å². The van der Waals surface area contributed by atoms with Crippen LogP contribution in [0.3, 0.4) is 0 Å². The summed E-state index contributed by atoms with van der Waals surface area (Å²) in [6.07, 6.45) is -1.16. The van der Waals surface area contributed by atoms with Gasteiger partial charge in [0.1, 0.15) is 6.04 Å². The molecule has 1 aromatic rings. The Balaban J connectivity index is 2.52. The highest BCUT2D eigenvalue weighted by Gasteiger charge is 2.44. The second kappa shape index (κ2) is 5.44. The molecule has 0 unspecified atom stereocenters. The average molecular weight is 310 g/mol. The molecule has 1 saturated heterocycles. The molecule has 7 nitrogen and oxygen atoms in total. The van der Waals surface area contributed by atoms with Crippen molar-refractivity contribution in [3.63, 3.8) is 0 Å². The number of sulfonamides is 1. The first kappa shape index (κ1) is 15.4. The van der Waals surface area contributed by atoms with Crippen LogP contribution in [0, 0.1) is 18.3 Å². The maximum atomic E-state index is 12.6. The van der Waals surface area contributed by atoms with E-state index in [0.29, 0.717) is 5.56 Å². The van der Waals surface area contributed by atoms with Crippen molar-refractivity contribution in [2.45, 2.75) is 30.4 Å². The average Bonchev–Trinajstić information content (AvgIpc) is 2.82. The Hall–Kier alpha value is -1.95. The van der Waals surface area contributed by atoms with E-state index in [4.69, 9.17) is 10.4 Å². The van der Waals surface area contributed by atoms with E-state index in [1.165, 1.54) is 18.2 Å². The minimum absolute atomic E-state index is 0.109. The van der Waals surface area contributed by atoms with E-state index >= 15 is 0 Å². The molecule has 1 aliphatic heterocycles. The highest BCUT2D eigenvalue weighted by molar-refractivity contribution is 7.89. The van der Waals surface area contributed by atoms with Crippen LogP contribution < -0.4 is 0 Å². The number of aliphatic hydroxyl groups is 1. The number of aliphatic hydroxyl groups excluding tert-OH is 1. The zero-order chi connectivity index (χ0) is 15.8. The summed E-state index contributed by atoms with van der Waals surface area (Å²) in [5.41, 5.74) is 0.588. The van der Waals surface area contributed by atoms with Gasteiger partial charge in [-0.25, -0.2) is 8.42 Å². The largest absolute Gasteiger partial charge is 0.480 e. The molecular weight excluding hydrogens is 296 g/mol. The molecule has 1 aliphatic rings. The van der Waals surface area contributed by atoms with Crippen molar-refractivity contribution >= 4 is 16.0 Å².